The summed E-state index contributed by atoms with van der Waals surface area (Å²) in [5, 5.41) is 0. The molecule has 27 heavy (non-hydrogen) atoms. The summed E-state index contributed by atoms with van der Waals surface area (Å²) in [6.07, 6.45) is 14.4. The molecule has 0 amide bonds. The number of hydrogen-bond donors (Lipinski definition) is 0. The largest absolute Gasteiger partial charge is 1.00 e. The first-order valence-corrected chi connectivity index (χ1v) is 11.5. The smallest absolute Gasteiger partial charge is 0.104 e. The predicted molar refractivity (Wildman–Crippen MR) is 117 cm³/mol. The first kappa shape index (κ1) is 26.5. The molecule has 1 rings (SSSR count). The third-order valence-electron chi connectivity index (χ3n) is 6.12. The third-order valence-corrected chi connectivity index (χ3v) is 6.12. The highest BCUT2D eigenvalue weighted by atomic mass is 35.5. The fraction of sp³-hybridized carbons (Fsp3) is 0.760. The van der Waals surface area contributed by atoms with Crippen LogP contribution in [0.1, 0.15) is 97.5 Å². The van der Waals surface area contributed by atoms with E-state index in [4.69, 9.17) is 0 Å². The van der Waals surface area contributed by atoms with Crippen molar-refractivity contribution in [1.82, 2.24) is 0 Å². The van der Waals surface area contributed by atoms with Crippen molar-refractivity contribution < 1.29 is 16.9 Å². The summed E-state index contributed by atoms with van der Waals surface area (Å²) in [5.74, 6) is 0.883. The van der Waals surface area contributed by atoms with Crippen molar-refractivity contribution in [2.75, 3.05) is 19.6 Å². The lowest BCUT2D eigenvalue weighted by atomic mass is 10.0. The van der Waals surface area contributed by atoms with Gasteiger partial charge in [-0.05, 0) is 32.6 Å². The van der Waals surface area contributed by atoms with E-state index in [0.29, 0.717) is 0 Å². The van der Waals surface area contributed by atoms with Gasteiger partial charge in [-0.25, -0.2) is 0 Å². The quantitative estimate of drug-likeness (QED) is 0.283. The van der Waals surface area contributed by atoms with E-state index < -0.39 is 0 Å². The second-order valence-corrected chi connectivity index (χ2v) is 8.71. The van der Waals surface area contributed by atoms with Gasteiger partial charge in [0.15, 0.2) is 0 Å². The Morgan fingerprint density at radius 2 is 1.19 bits per heavy atom. The minimum atomic E-state index is 0. The first-order valence-electron chi connectivity index (χ1n) is 11.5. The van der Waals surface area contributed by atoms with Gasteiger partial charge in [0.2, 0.25) is 0 Å². The van der Waals surface area contributed by atoms with E-state index >= 15 is 0 Å². The number of rotatable bonds is 16. The van der Waals surface area contributed by atoms with Crippen LogP contribution < -0.4 is 12.4 Å². The van der Waals surface area contributed by atoms with Gasteiger partial charge in [-0.1, -0.05) is 95.5 Å². The first-order chi connectivity index (χ1) is 12.6. The SMILES string of the molecule is CC[N+](CC)(CCCCCCCCCCCC(C)C)Cc1ccccc1.[Cl-]. The molecule has 0 saturated carbocycles. The van der Waals surface area contributed by atoms with Crippen LogP contribution in [0, 0.1) is 5.92 Å². The minimum Gasteiger partial charge on any atom is -1.00 e. The van der Waals surface area contributed by atoms with Crippen LogP contribution >= 0.6 is 0 Å². The Kier molecular flexibility index (Phi) is 16.1. The van der Waals surface area contributed by atoms with E-state index in [0.717, 1.165) is 5.92 Å². The maximum absolute atomic E-state index is 2.37. The van der Waals surface area contributed by atoms with Gasteiger partial charge in [0.25, 0.3) is 0 Å². The number of unbranched alkanes of at least 4 members (excludes halogenated alkanes) is 8. The highest BCUT2D eigenvalue weighted by Gasteiger charge is 2.22. The van der Waals surface area contributed by atoms with Crippen molar-refractivity contribution in [3.05, 3.63) is 35.9 Å². The Hall–Kier alpha value is -0.530. The van der Waals surface area contributed by atoms with Gasteiger partial charge in [0.1, 0.15) is 6.54 Å². The molecule has 0 heterocycles. The molecule has 1 aromatic carbocycles. The topological polar surface area (TPSA) is 0 Å². The molecule has 0 aliphatic heterocycles. The average Bonchev–Trinajstić information content (AvgIpc) is 2.65. The fourth-order valence-electron chi connectivity index (χ4n) is 4.05. The van der Waals surface area contributed by atoms with E-state index in [1.165, 1.54) is 100 Å². The molecule has 0 spiro atoms. The molecule has 158 valence electrons. The lowest BCUT2D eigenvalue weighted by Gasteiger charge is -2.37. The molecule has 0 atom stereocenters. The van der Waals surface area contributed by atoms with E-state index in [2.05, 4.69) is 58.0 Å². The zero-order chi connectivity index (χ0) is 19.1. The minimum absolute atomic E-state index is 0. The third kappa shape index (κ3) is 12.5. The monoisotopic (exact) mass is 395 g/mol. The van der Waals surface area contributed by atoms with Crippen LogP contribution in [0.4, 0.5) is 0 Å². The van der Waals surface area contributed by atoms with Gasteiger partial charge in [0.05, 0.1) is 19.6 Å². The Morgan fingerprint density at radius 1 is 0.704 bits per heavy atom. The summed E-state index contributed by atoms with van der Waals surface area (Å²) in [5.41, 5.74) is 1.49. The highest BCUT2D eigenvalue weighted by molar-refractivity contribution is 5.13. The molecule has 0 saturated heterocycles. The number of benzene rings is 1. The van der Waals surface area contributed by atoms with Crippen molar-refractivity contribution in [1.29, 1.82) is 0 Å². The molecular formula is C25H46ClN. The lowest BCUT2D eigenvalue weighted by molar-refractivity contribution is -0.938. The molecule has 0 aromatic heterocycles. The van der Waals surface area contributed by atoms with Gasteiger partial charge in [0, 0.05) is 5.56 Å². The Morgan fingerprint density at radius 3 is 1.67 bits per heavy atom. The maximum Gasteiger partial charge on any atom is 0.104 e. The van der Waals surface area contributed by atoms with E-state index in [9.17, 15) is 0 Å². The fourth-order valence-corrected chi connectivity index (χ4v) is 4.05. The van der Waals surface area contributed by atoms with Crippen LogP contribution in [-0.4, -0.2) is 24.1 Å². The van der Waals surface area contributed by atoms with Crippen LogP contribution in [0.5, 0.6) is 0 Å². The van der Waals surface area contributed by atoms with Crippen molar-refractivity contribution in [2.45, 2.75) is 98.4 Å². The Labute approximate surface area is 176 Å². The molecule has 0 unspecified atom stereocenters. The molecule has 1 nitrogen and oxygen atoms in total. The van der Waals surface area contributed by atoms with Crippen LogP contribution in [0.2, 0.25) is 0 Å². The maximum atomic E-state index is 2.37. The van der Waals surface area contributed by atoms with Crippen LogP contribution in [0.15, 0.2) is 30.3 Å². The van der Waals surface area contributed by atoms with E-state index in [1.807, 2.05) is 0 Å². The zero-order valence-electron chi connectivity index (χ0n) is 18.7. The molecule has 0 fully saturated rings. The van der Waals surface area contributed by atoms with E-state index in [-0.39, 0.29) is 12.4 Å². The van der Waals surface area contributed by atoms with Gasteiger partial charge < -0.3 is 16.9 Å². The highest BCUT2D eigenvalue weighted by Crippen LogP contribution is 2.18. The van der Waals surface area contributed by atoms with Crippen molar-refractivity contribution >= 4 is 0 Å². The predicted octanol–water partition coefficient (Wildman–Crippen LogP) is 4.60. The molecule has 0 radical (unpaired) electrons. The van der Waals surface area contributed by atoms with Crippen LogP contribution in [0.3, 0.4) is 0 Å². The average molecular weight is 396 g/mol. The molecule has 0 bridgehead atoms. The lowest BCUT2D eigenvalue weighted by Crippen LogP contribution is -3.00. The van der Waals surface area contributed by atoms with Crippen LogP contribution in [-0.2, 0) is 6.54 Å². The molecule has 2 heteroatoms. The summed E-state index contributed by atoms with van der Waals surface area (Å²) in [4.78, 5) is 0. The number of quaternary nitrogens is 1. The van der Waals surface area contributed by atoms with Gasteiger partial charge in [-0.3, -0.25) is 0 Å². The Bertz CT molecular complexity index is 425. The number of nitrogens with zero attached hydrogens (tertiary/aromatic N) is 1. The normalized spacial score (nSPS) is 11.6. The molecule has 0 aliphatic carbocycles. The summed E-state index contributed by atoms with van der Waals surface area (Å²) in [7, 11) is 0. The van der Waals surface area contributed by atoms with Gasteiger partial charge in [-0.15, -0.1) is 0 Å². The van der Waals surface area contributed by atoms with E-state index in [1.54, 1.807) is 0 Å². The van der Waals surface area contributed by atoms with Crippen molar-refractivity contribution in [2.24, 2.45) is 5.92 Å². The summed E-state index contributed by atoms with van der Waals surface area (Å²) < 4.78 is 1.25. The standard InChI is InChI=1S/C25H46N.ClH/c1-5-26(6-2,23-25-20-16-14-17-21-25)22-18-13-11-9-7-8-10-12-15-19-24(3)4;/h14,16-17,20-21,24H,5-13,15,18-19,22-23H2,1-4H3;1H/q+1;/p-1. The van der Waals surface area contributed by atoms with Gasteiger partial charge >= 0.3 is 0 Å². The van der Waals surface area contributed by atoms with Crippen molar-refractivity contribution in [3.8, 4) is 0 Å². The zero-order valence-corrected chi connectivity index (χ0v) is 19.4. The Balaban J connectivity index is 0.00000676. The second kappa shape index (κ2) is 16.4. The summed E-state index contributed by atoms with van der Waals surface area (Å²) in [6.45, 7) is 14.5. The van der Waals surface area contributed by atoms with Crippen molar-refractivity contribution in [3.63, 3.8) is 0 Å². The number of hydrogen-bond acceptors (Lipinski definition) is 0. The summed E-state index contributed by atoms with van der Waals surface area (Å²) in [6, 6.07) is 11.1. The number of halogens is 1. The second-order valence-electron chi connectivity index (χ2n) is 8.71. The molecule has 1 aromatic rings. The molecular weight excluding hydrogens is 350 g/mol. The van der Waals surface area contributed by atoms with Crippen LogP contribution in [0.25, 0.3) is 0 Å². The summed E-state index contributed by atoms with van der Waals surface area (Å²) >= 11 is 0. The molecule has 0 N–H and O–H groups in total. The van der Waals surface area contributed by atoms with Gasteiger partial charge in [-0.2, -0.15) is 0 Å². The molecule has 0 aliphatic rings.